The van der Waals surface area contributed by atoms with Crippen LogP contribution in [0.1, 0.15) is 37.3 Å². The Morgan fingerprint density at radius 2 is 1.80 bits per heavy atom. The zero-order valence-corrected chi connectivity index (χ0v) is 20.3. The Labute approximate surface area is 203 Å². The second-order valence-corrected chi connectivity index (χ2v) is 12.5. The van der Waals surface area contributed by atoms with Crippen LogP contribution >= 0.6 is 0 Å². The van der Waals surface area contributed by atoms with E-state index in [0.29, 0.717) is 30.7 Å². The maximum absolute atomic E-state index is 15.3. The van der Waals surface area contributed by atoms with Crippen LogP contribution in [-0.4, -0.2) is 31.9 Å². The third kappa shape index (κ3) is 4.42. The summed E-state index contributed by atoms with van der Waals surface area (Å²) in [4.78, 5) is -0.419. The van der Waals surface area contributed by atoms with Crippen LogP contribution < -0.4 is 9.46 Å². The lowest BCUT2D eigenvalue weighted by molar-refractivity contribution is -0.137. The van der Waals surface area contributed by atoms with Crippen LogP contribution in [0.4, 0.5) is 22.0 Å². The number of hydrogen-bond donors (Lipinski definition) is 1. The van der Waals surface area contributed by atoms with Crippen molar-refractivity contribution in [2.24, 2.45) is 11.8 Å². The van der Waals surface area contributed by atoms with Crippen LogP contribution in [0.3, 0.4) is 0 Å². The summed E-state index contributed by atoms with van der Waals surface area (Å²) >= 11 is -1.36. The molecule has 0 radical (unpaired) electrons. The summed E-state index contributed by atoms with van der Waals surface area (Å²) in [5.41, 5.74) is -1.46. The Morgan fingerprint density at radius 3 is 2.43 bits per heavy atom. The molecular weight excluding hydrogens is 513 g/mol. The number of alkyl halides is 3. The Morgan fingerprint density at radius 1 is 1.14 bits per heavy atom. The van der Waals surface area contributed by atoms with Crippen molar-refractivity contribution in [1.29, 1.82) is 0 Å². The fraction of sp³-hybridized carbons (Fsp3) is 0.478. The van der Waals surface area contributed by atoms with Crippen molar-refractivity contribution in [3.05, 3.63) is 59.2 Å². The van der Waals surface area contributed by atoms with Gasteiger partial charge in [-0.15, -0.1) is 4.72 Å². The Hall–Kier alpha value is -1.89. The maximum atomic E-state index is 15.3. The summed E-state index contributed by atoms with van der Waals surface area (Å²) in [7, 11) is -4.53. The zero-order valence-electron chi connectivity index (χ0n) is 18.7. The van der Waals surface area contributed by atoms with Gasteiger partial charge in [0.1, 0.15) is 16.3 Å². The van der Waals surface area contributed by atoms with Gasteiger partial charge in [0.25, 0.3) is 0 Å². The number of sulfone groups is 1. The van der Waals surface area contributed by atoms with Gasteiger partial charge < -0.3 is 9.29 Å². The Bertz CT molecular complexity index is 1190. The number of halogens is 5. The third-order valence-electron chi connectivity index (χ3n) is 6.92. The highest BCUT2D eigenvalue weighted by atomic mass is 32.2. The molecule has 4 rings (SSSR count). The maximum Gasteiger partial charge on any atom is 0.416 e. The molecule has 0 bridgehead atoms. The van der Waals surface area contributed by atoms with Gasteiger partial charge in [0, 0.05) is 23.8 Å². The largest absolute Gasteiger partial charge is 0.598 e. The molecule has 1 N–H and O–H groups in total. The minimum Gasteiger partial charge on any atom is -0.598 e. The molecule has 0 spiro atoms. The molecule has 1 heterocycles. The van der Waals surface area contributed by atoms with Crippen LogP contribution in [0, 0.1) is 23.5 Å². The van der Waals surface area contributed by atoms with E-state index >= 15 is 4.39 Å². The molecule has 2 aliphatic rings. The molecule has 192 valence electrons. The van der Waals surface area contributed by atoms with Gasteiger partial charge in [-0.3, -0.25) is 0 Å². The van der Waals surface area contributed by atoms with Gasteiger partial charge in [-0.1, -0.05) is 6.42 Å². The Kier molecular flexibility index (Phi) is 7.13. The predicted molar refractivity (Wildman–Crippen MR) is 120 cm³/mol. The van der Waals surface area contributed by atoms with Gasteiger partial charge in [-0.05, 0) is 62.1 Å². The molecule has 2 aromatic rings. The van der Waals surface area contributed by atoms with E-state index in [9.17, 15) is 30.5 Å². The number of hydrogen-bond acceptors (Lipinski definition) is 5. The second kappa shape index (κ2) is 9.53. The van der Waals surface area contributed by atoms with Crippen LogP contribution in [0.15, 0.2) is 41.3 Å². The lowest BCUT2D eigenvalue weighted by Gasteiger charge is -2.50. The lowest BCUT2D eigenvalue weighted by Crippen LogP contribution is -2.55. The first kappa shape index (κ1) is 26.2. The number of fused-ring (bicyclic) bond motifs is 3. The van der Waals surface area contributed by atoms with Crippen molar-refractivity contribution in [2.75, 3.05) is 18.9 Å². The van der Waals surface area contributed by atoms with Gasteiger partial charge in [0.2, 0.25) is 0 Å². The molecule has 0 saturated heterocycles. The van der Waals surface area contributed by atoms with Gasteiger partial charge in [-0.25, -0.2) is 17.2 Å². The highest BCUT2D eigenvalue weighted by Gasteiger charge is 2.61. The normalized spacial score (nSPS) is 25.3. The number of rotatable bonds is 6. The highest BCUT2D eigenvalue weighted by Crippen LogP contribution is 2.58. The van der Waals surface area contributed by atoms with Gasteiger partial charge in [0.15, 0.2) is 21.4 Å². The summed E-state index contributed by atoms with van der Waals surface area (Å²) in [5.74, 6) is -3.33. The minimum atomic E-state index is -4.67. The summed E-state index contributed by atoms with van der Waals surface area (Å²) in [5, 5.41) is 0. The van der Waals surface area contributed by atoms with E-state index in [1.807, 2.05) is 0 Å². The molecule has 1 fully saturated rings. The molecule has 1 aliphatic carbocycles. The van der Waals surface area contributed by atoms with E-state index in [1.165, 1.54) is 0 Å². The number of benzene rings is 2. The molecule has 2 aromatic carbocycles. The van der Waals surface area contributed by atoms with Gasteiger partial charge in [-0.2, -0.15) is 13.2 Å². The van der Waals surface area contributed by atoms with Crippen molar-refractivity contribution < 1.29 is 39.7 Å². The van der Waals surface area contributed by atoms with Crippen LogP contribution in [0.25, 0.3) is 0 Å². The molecule has 2 unspecified atom stereocenters. The van der Waals surface area contributed by atoms with Crippen LogP contribution in [0.2, 0.25) is 0 Å². The van der Waals surface area contributed by atoms with E-state index in [2.05, 4.69) is 4.72 Å². The second-order valence-electron chi connectivity index (χ2n) is 8.70. The lowest BCUT2D eigenvalue weighted by atomic mass is 9.67. The monoisotopic (exact) mass is 537 g/mol. The SMILES string of the molecule is CC[S+]([O-])NC[C@@H]1CCC[C@@]2(S(=O)(=O)c3ccc(C(F)(F)F)cc3)c3c(F)ccc(F)c3OCC12. The van der Waals surface area contributed by atoms with E-state index in [1.54, 1.807) is 6.92 Å². The average Bonchev–Trinajstić information content (AvgIpc) is 2.83. The molecule has 0 aromatic heterocycles. The molecule has 12 heteroatoms. The van der Waals surface area contributed by atoms with Crippen molar-refractivity contribution in [3.8, 4) is 5.75 Å². The Balaban J connectivity index is 1.89. The molecule has 4 atom stereocenters. The quantitative estimate of drug-likeness (QED) is 0.426. The molecule has 35 heavy (non-hydrogen) atoms. The van der Waals surface area contributed by atoms with Crippen molar-refractivity contribution in [2.45, 2.75) is 42.0 Å². The minimum absolute atomic E-state index is 0.0644. The van der Waals surface area contributed by atoms with Gasteiger partial charge >= 0.3 is 6.18 Å². The van der Waals surface area contributed by atoms with Crippen molar-refractivity contribution >= 4 is 21.2 Å². The summed E-state index contributed by atoms with van der Waals surface area (Å²) in [6.45, 7) is 1.63. The highest BCUT2D eigenvalue weighted by molar-refractivity contribution is 7.92. The number of nitrogens with one attached hydrogen (secondary N) is 1. The van der Waals surface area contributed by atoms with E-state index < -0.39 is 77.4 Å². The molecule has 5 nitrogen and oxygen atoms in total. The fourth-order valence-corrected chi connectivity index (χ4v) is 8.31. The van der Waals surface area contributed by atoms with Crippen LogP contribution in [-0.2, 0) is 32.1 Å². The summed E-state index contributed by atoms with van der Waals surface area (Å²) in [6, 6.07) is 4.70. The molecule has 0 amide bonds. The smallest absolute Gasteiger partial charge is 0.416 e. The molecule has 1 aliphatic heterocycles. The van der Waals surface area contributed by atoms with E-state index in [0.717, 1.165) is 24.3 Å². The van der Waals surface area contributed by atoms with Crippen molar-refractivity contribution in [1.82, 2.24) is 4.72 Å². The molecular formula is C23H24F5NO4S2. The summed E-state index contributed by atoms with van der Waals surface area (Å²) < 4.78 is 116. The first-order valence-electron chi connectivity index (χ1n) is 11.1. The third-order valence-corrected chi connectivity index (χ3v) is 10.5. The molecule has 1 saturated carbocycles. The summed E-state index contributed by atoms with van der Waals surface area (Å²) in [6.07, 6.45) is -3.87. The standard InChI is InChI=1S/C23H24F5NO4S2/c1-2-34(30)29-12-14-4-3-11-22(17(14)13-33-21-19(25)10-9-18(24)20(21)22)35(31,32)16-7-5-15(6-8-16)23(26,27)28/h5-10,14,17,29H,2-4,11-13H2,1H3/t14-,17?,22-,34?/m0/s1. The van der Waals surface area contributed by atoms with E-state index in [4.69, 9.17) is 4.74 Å². The predicted octanol–water partition coefficient (Wildman–Crippen LogP) is 4.73. The zero-order chi connectivity index (χ0) is 25.6. The first-order chi connectivity index (χ1) is 16.4. The fourth-order valence-electron chi connectivity index (χ4n) is 5.26. The van der Waals surface area contributed by atoms with E-state index in [-0.39, 0.29) is 19.6 Å². The van der Waals surface area contributed by atoms with Gasteiger partial charge in [0.05, 0.1) is 22.6 Å². The first-order valence-corrected chi connectivity index (χ1v) is 13.9. The number of ether oxygens (including phenoxy) is 1. The van der Waals surface area contributed by atoms with Crippen molar-refractivity contribution in [3.63, 3.8) is 0 Å². The topological polar surface area (TPSA) is 78.5 Å². The average molecular weight is 538 g/mol. The van der Waals surface area contributed by atoms with Crippen LogP contribution in [0.5, 0.6) is 5.75 Å².